The highest BCUT2D eigenvalue weighted by atomic mass is 35.5. The summed E-state index contributed by atoms with van der Waals surface area (Å²) in [5.41, 5.74) is 0. The van der Waals surface area contributed by atoms with E-state index < -0.39 is 10.0 Å². The van der Waals surface area contributed by atoms with Crippen LogP contribution < -0.4 is 10.1 Å². The average molecular weight is 363 g/mol. The van der Waals surface area contributed by atoms with E-state index in [1.165, 1.54) is 32.4 Å². The van der Waals surface area contributed by atoms with Crippen LogP contribution >= 0.6 is 11.6 Å². The molecule has 0 saturated carbocycles. The highest BCUT2D eigenvalue weighted by Gasteiger charge is 2.23. The molecule has 130 valence electrons. The molecular weight excluding hydrogens is 340 g/mol. The number of carbonyl (C=O) groups is 1. The van der Waals surface area contributed by atoms with E-state index in [2.05, 4.69) is 19.2 Å². The van der Waals surface area contributed by atoms with Gasteiger partial charge in [-0.3, -0.25) is 4.79 Å². The molecule has 0 aromatic heterocycles. The van der Waals surface area contributed by atoms with Crippen LogP contribution in [0.2, 0.25) is 5.02 Å². The summed E-state index contributed by atoms with van der Waals surface area (Å²) in [6.07, 6.45) is 0.844. The quantitative estimate of drug-likeness (QED) is 0.768. The number of nitrogens with zero attached hydrogens (tertiary/aromatic N) is 1. The molecule has 0 heterocycles. The fourth-order valence-corrected chi connectivity index (χ4v) is 3.31. The molecule has 1 amide bonds. The van der Waals surface area contributed by atoms with Gasteiger partial charge in [0.05, 0.1) is 23.6 Å². The summed E-state index contributed by atoms with van der Waals surface area (Å²) < 4.78 is 30.9. The molecule has 1 aromatic rings. The molecule has 0 fully saturated rings. The SMILES string of the molecule is COc1ccc(S(=O)(=O)N(C)CC(=O)NCCC(C)C)cc1Cl. The molecule has 8 heteroatoms. The number of sulfonamides is 1. The van der Waals surface area contributed by atoms with E-state index >= 15 is 0 Å². The van der Waals surface area contributed by atoms with Crippen molar-refractivity contribution in [2.75, 3.05) is 27.2 Å². The molecule has 0 atom stereocenters. The highest BCUT2D eigenvalue weighted by Crippen LogP contribution is 2.27. The Hall–Kier alpha value is -1.31. The van der Waals surface area contributed by atoms with Gasteiger partial charge in [0.15, 0.2) is 0 Å². The second-order valence-electron chi connectivity index (χ2n) is 5.59. The van der Waals surface area contributed by atoms with Crippen molar-refractivity contribution >= 4 is 27.5 Å². The molecule has 0 spiro atoms. The maximum atomic E-state index is 12.4. The van der Waals surface area contributed by atoms with Crippen LogP contribution in [-0.2, 0) is 14.8 Å². The van der Waals surface area contributed by atoms with Gasteiger partial charge in [-0.1, -0.05) is 25.4 Å². The van der Waals surface area contributed by atoms with Gasteiger partial charge in [-0.05, 0) is 30.5 Å². The number of rotatable bonds is 8. The van der Waals surface area contributed by atoms with Gasteiger partial charge in [-0.2, -0.15) is 4.31 Å². The summed E-state index contributed by atoms with van der Waals surface area (Å²) in [4.78, 5) is 11.8. The van der Waals surface area contributed by atoms with Gasteiger partial charge in [-0.25, -0.2) is 8.42 Å². The van der Waals surface area contributed by atoms with Gasteiger partial charge < -0.3 is 10.1 Å². The lowest BCUT2D eigenvalue weighted by Gasteiger charge is -2.17. The molecule has 0 aliphatic rings. The number of halogens is 1. The van der Waals surface area contributed by atoms with Crippen molar-refractivity contribution in [2.45, 2.75) is 25.2 Å². The zero-order valence-corrected chi connectivity index (χ0v) is 15.4. The number of likely N-dealkylation sites (N-methyl/N-ethyl adjacent to an activating group) is 1. The van der Waals surface area contributed by atoms with Crippen LogP contribution in [0.3, 0.4) is 0 Å². The molecule has 1 N–H and O–H groups in total. The minimum absolute atomic E-state index is 0.0146. The zero-order valence-electron chi connectivity index (χ0n) is 13.8. The van der Waals surface area contributed by atoms with Crippen LogP contribution in [0.25, 0.3) is 0 Å². The number of carbonyl (C=O) groups excluding carboxylic acids is 1. The molecular formula is C15H23ClN2O4S. The molecule has 0 bridgehead atoms. The minimum atomic E-state index is -3.79. The lowest BCUT2D eigenvalue weighted by molar-refractivity contribution is -0.121. The van der Waals surface area contributed by atoms with Crippen LogP contribution in [0.15, 0.2) is 23.1 Å². The molecule has 1 rings (SSSR count). The molecule has 0 saturated heterocycles. The first-order valence-electron chi connectivity index (χ1n) is 7.25. The average Bonchev–Trinajstić information content (AvgIpc) is 2.46. The lowest BCUT2D eigenvalue weighted by atomic mass is 10.1. The second-order valence-corrected chi connectivity index (χ2v) is 8.04. The summed E-state index contributed by atoms with van der Waals surface area (Å²) >= 11 is 5.96. The van der Waals surface area contributed by atoms with E-state index in [0.29, 0.717) is 18.2 Å². The number of hydrogen-bond donors (Lipinski definition) is 1. The third-order valence-electron chi connectivity index (χ3n) is 3.24. The second kappa shape index (κ2) is 8.52. The number of methoxy groups -OCH3 is 1. The summed E-state index contributed by atoms with van der Waals surface area (Å²) in [7, 11) is -0.986. The first-order valence-corrected chi connectivity index (χ1v) is 9.07. The van der Waals surface area contributed by atoms with Gasteiger partial charge in [-0.15, -0.1) is 0 Å². The van der Waals surface area contributed by atoms with E-state index in [1.807, 2.05) is 0 Å². The third-order valence-corrected chi connectivity index (χ3v) is 5.34. The van der Waals surface area contributed by atoms with Gasteiger partial charge in [0, 0.05) is 13.6 Å². The van der Waals surface area contributed by atoms with Crippen LogP contribution in [0.1, 0.15) is 20.3 Å². The molecule has 0 radical (unpaired) electrons. The molecule has 6 nitrogen and oxygen atoms in total. The molecule has 0 aliphatic heterocycles. The topological polar surface area (TPSA) is 75.7 Å². The number of hydrogen-bond acceptors (Lipinski definition) is 4. The van der Waals surface area contributed by atoms with E-state index in [1.54, 1.807) is 0 Å². The van der Waals surface area contributed by atoms with Crippen LogP contribution in [0.4, 0.5) is 0 Å². The highest BCUT2D eigenvalue weighted by molar-refractivity contribution is 7.89. The normalized spacial score (nSPS) is 11.8. The van der Waals surface area contributed by atoms with E-state index in [0.717, 1.165) is 10.7 Å². The fraction of sp³-hybridized carbons (Fsp3) is 0.533. The Labute approximate surface area is 142 Å². The van der Waals surface area contributed by atoms with Crippen molar-refractivity contribution in [3.63, 3.8) is 0 Å². The Kier molecular flexibility index (Phi) is 7.31. The van der Waals surface area contributed by atoms with Gasteiger partial charge >= 0.3 is 0 Å². The zero-order chi connectivity index (χ0) is 17.6. The van der Waals surface area contributed by atoms with Gasteiger partial charge in [0.1, 0.15) is 5.75 Å². The van der Waals surface area contributed by atoms with Crippen molar-refractivity contribution in [2.24, 2.45) is 5.92 Å². The first kappa shape index (κ1) is 19.7. The summed E-state index contributed by atoms with van der Waals surface area (Å²) in [6, 6.07) is 4.18. The van der Waals surface area contributed by atoms with Gasteiger partial charge in [0.2, 0.25) is 15.9 Å². The molecule has 23 heavy (non-hydrogen) atoms. The molecule has 0 unspecified atom stereocenters. The fourth-order valence-electron chi connectivity index (χ4n) is 1.83. The number of benzene rings is 1. The minimum Gasteiger partial charge on any atom is -0.495 e. The summed E-state index contributed by atoms with van der Waals surface area (Å²) in [6.45, 7) is 4.38. The maximum absolute atomic E-state index is 12.4. The Bertz CT molecular complexity index is 647. The Balaban J connectivity index is 2.75. The van der Waals surface area contributed by atoms with Crippen molar-refractivity contribution in [1.29, 1.82) is 0 Å². The molecule has 1 aromatic carbocycles. The number of amides is 1. The maximum Gasteiger partial charge on any atom is 0.243 e. The third kappa shape index (κ3) is 5.67. The standard InChI is InChI=1S/C15H23ClN2O4S/c1-11(2)7-8-17-15(19)10-18(3)23(20,21)12-5-6-14(22-4)13(16)9-12/h5-6,9,11H,7-8,10H2,1-4H3,(H,17,19). The predicted molar refractivity (Wildman–Crippen MR) is 90.3 cm³/mol. The molecule has 0 aliphatic carbocycles. The lowest BCUT2D eigenvalue weighted by Crippen LogP contribution is -2.38. The van der Waals surface area contributed by atoms with Crippen molar-refractivity contribution in [3.8, 4) is 5.75 Å². The van der Waals surface area contributed by atoms with Crippen molar-refractivity contribution in [1.82, 2.24) is 9.62 Å². The Morgan fingerprint density at radius 3 is 2.57 bits per heavy atom. The monoisotopic (exact) mass is 362 g/mol. The number of ether oxygens (including phenoxy) is 1. The van der Waals surface area contributed by atoms with Crippen molar-refractivity contribution in [3.05, 3.63) is 23.2 Å². The van der Waals surface area contributed by atoms with Crippen LogP contribution in [0.5, 0.6) is 5.75 Å². The van der Waals surface area contributed by atoms with E-state index in [9.17, 15) is 13.2 Å². The summed E-state index contributed by atoms with van der Waals surface area (Å²) in [5, 5.41) is 2.90. The number of nitrogens with one attached hydrogen (secondary N) is 1. The van der Waals surface area contributed by atoms with E-state index in [4.69, 9.17) is 16.3 Å². The van der Waals surface area contributed by atoms with E-state index in [-0.39, 0.29) is 22.4 Å². The van der Waals surface area contributed by atoms with Crippen LogP contribution in [0, 0.1) is 5.92 Å². The van der Waals surface area contributed by atoms with Crippen molar-refractivity contribution < 1.29 is 17.9 Å². The predicted octanol–water partition coefficient (Wildman–Crippen LogP) is 2.13. The first-order chi connectivity index (χ1) is 10.7. The Morgan fingerprint density at radius 2 is 2.04 bits per heavy atom. The van der Waals surface area contributed by atoms with Gasteiger partial charge in [0.25, 0.3) is 0 Å². The summed E-state index contributed by atoms with van der Waals surface area (Å²) in [5.74, 6) is 0.522. The Morgan fingerprint density at radius 1 is 1.39 bits per heavy atom. The van der Waals surface area contributed by atoms with Crippen LogP contribution in [-0.4, -0.2) is 45.9 Å². The smallest absolute Gasteiger partial charge is 0.243 e. The largest absolute Gasteiger partial charge is 0.495 e.